The fraction of sp³-hybridized carbons (Fsp3) is 0.500. The molecule has 100 valence electrons. The average molecular weight is 257 g/mol. The second-order valence-corrected chi connectivity index (χ2v) is 5.15. The minimum atomic E-state index is 0.682. The van der Waals surface area contributed by atoms with Crippen LogP contribution in [0.4, 0.5) is 0 Å². The van der Waals surface area contributed by atoms with Gasteiger partial charge >= 0.3 is 0 Å². The van der Waals surface area contributed by atoms with Gasteiger partial charge in [-0.15, -0.1) is 5.10 Å². The molecule has 1 heterocycles. The molecule has 0 spiro atoms. The molecule has 0 unspecified atom stereocenters. The summed E-state index contributed by atoms with van der Waals surface area (Å²) in [6.45, 7) is 3.75. The van der Waals surface area contributed by atoms with Crippen molar-refractivity contribution in [2.24, 2.45) is 0 Å². The molecule has 5 nitrogen and oxygen atoms in total. The number of benzene rings is 1. The SMILES string of the molecule is Cc1ccccc1CCn1nnnc1CNC1CC1. The van der Waals surface area contributed by atoms with Gasteiger partial charge in [0.1, 0.15) is 0 Å². The van der Waals surface area contributed by atoms with Crippen molar-refractivity contribution in [1.82, 2.24) is 25.5 Å². The Bertz CT molecular complexity index is 544. The van der Waals surface area contributed by atoms with Gasteiger partial charge in [-0.1, -0.05) is 24.3 Å². The summed E-state index contributed by atoms with van der Waals surface area (Å²) in [5.41, 5.74) is 2.69. The number of aryl methyl sites for hydroxylation is 3. The van der Waals surface area contributed by atoms with E-state index in [2.05, 4.69) is 52.0 Å². The molecule has 19 heavy (non-hydrogen) atoms. The highest BCUT2D eigenvalue weighted by atomic mass is 15.5. The van der Waals surface area contributed by atoms with Crippen LogP contribution in [0.15, 0.2) is 24.3 Å². The monoisotopic (exact) mass is 257 g/mol. The molecule has 1 aromatic carbocycles. The lowest BCUT2D eigenvalue weighted by Gasteiger charge is -2.07. The van der Waals surface area contributed by atoms with Crippen LogP contribution in [0.5, 0.6) is 0 Å². The first-order valence-corrected chi connectivity index (χ1v) is 6.86. The molecule has 0 radical (unpaired) electrons. The highest BCUT2D eigenvalue weighted by Gasteiger charge is 2.21. The topological polar surface area (TPSA) is 55.6 Å². The van der Waals surface area contributed by atoms with Gasteiger partial charge in [-0.05, 0) is 47.7 Å². The van der Waals surface area contributed by atoms with Gasteiger partial charge in [0.2, 0.25) is 0 Å². The lowest BCUT2D eigenvalue weighted by Crippen LogP contribution is -2.20. The Balaban J connectivity index is 1.60. The van der Waals surface area contributed by atoms with Crippen LogP contribution >= 0.6 is 0 Å². The molecule has 1 aliphatic carbocycles. The molecular formula is C14H19N5. The number of hydrogen-bond donors (Lipinski definition) is 1. The highest BCUT2D eigenvalue weighted by molar-refractivity contribution is 5.25. The zero-order chi connectivity index (χ0) is 13.1. The van der Waals surface area contributed by atoms with Crippen LogP contribution in [0.2, 0.25) is 0 Å². The summed E-state index contributed by atoms with van der Waals surface area (Å²) in [6, 6.07) is 9.14. The lowest BCUT2D eigenvalue weighted by atomic mass is 10.1. The molecule has 1 fully saturated rings. The first-order valence-electron chi connectivity index (χ1n) is 6.86. The van der Waals surface area contributed by atoms with Crippen molar-refractivity contribution in [1.29, 1.82) is 0 Å². The maximum atomic E-state index is 4.09. The summed E-state index contributed by atoms with van der Waals surface area (Å²) in [5, 5.41) is 15.4. The molecule has 1 aromatic heterocycles. The van der Waals surface area contributed by atoms with Crippen molar-refractivity contribution in [2.45, 2.75) is 45.3 Å². The number of rotatable bonds is 6. The average Bonchev–Trinajstić information content (AvgIpc) is 3.14. The lowest BCUT2D eigenvalue weighted by molar-refractivity contribution is 0.540. The molecular weight excluding hydrogens is 238 g/mol. The fourth-order valence-electron chi connectivity index (χ4n) is 2.16. The highest BCUT2D eigenvalue weighted by Crippen LogP contribution is 2.18. The second kappa shape index (κ2) is 5.48. The second-order valence-electron chi connectivity index (χ2n) is 5.15. The number of tetrazole rings is 1. The molecule has 2 aromatic rings. The Morgan fingerprint density at radius 3 is 2.95 bits per heavy atom. The van der Waals surface area contributed by atoms with Crippen molar-refractivity contribution in [3.63, 3.8) is 0 Å². The van der Waals surface area contributed by atoms with Gasteiger partial charge in [-0.2, -0.15) is 0 Å². The van der Waals surface area contributed by atoms with Gasteiger partial charge in [-0.25, -0.2) is 4.68 Å². The minimum absolute atomic E-state index is 0.682. The summed E-state index contributed by atoms with van der Waals surface area (Å²) in [6.07, 6.45) is 3.53. The normalized spacial score (nSPS) is 14.8. The van der Waals surface area contributed by atoms with Crippen LogP contribution in [-0.4, -0.2) is 26.2 Å². The van der Waals surface area contributed by atoms with Crippen molar-refractivity contribution >= 4 is 0 Å². The van der Waals surface area contributed by atoms with Gasteiger partial charge in [0.05, 0.1) is 6.54 Å². The first-order chi connectivity index (χ1) is 9.33. The third-order valence-corrected chi connectivity index (χ3v) is 3.59. The minimum Gasteiger partial charge on any atom is -0.307 e. The van der Waals surface area contributed by atoms with E-state index in [1.807, 2.05) is 4.68 Å². The van der Waals surface area contributed by atoms with Crippen LogP contribution < -0.4 is 5.32 Å². The zero-order valence-electron chi connectivity index (χ0n) is 11.2. The maximum Gasteiger partial charge on any atom is 0.165 e. The van der Waals surface area contributed by atoms with E-state index in [9.17, 15) is 0 Å². The predicted molar refractivity (Wildman–Crippen MR) is 72.6 cm³/mol. The van der Waals surface area contributed by atoms with Crippen LogP contribution in [0.1, 0.15) is 29.8 Å². The van der Waals surface area contributed by atoms with E-state index in [1.165, 1.54) is 24.0 Å². The maximum absolute atomic E-state index is 4.09. The number of hydrogen-bond acceptors (Lipinski definition) is 4. The van der Waals surface area contributed by atoms with Gasteiger partial charge in [-0.3, -0.25) is 0 Å². The molecule has 0 bridgehead atoms. The molecule has 3 rings (SSSR count). The predicted octanol–water partition coefficient (Wildman–Crippen LogP) is 1.48. The van der Waals surface area contributed by atoms with Gasteiger partial charge in [0.25, 0.3) is 0 Å². The van der Waals surface area contributed by atoms with E-state index in [0.29, 0.717) is 6.04 Å². The third-order valence-electron chi connectivity index (χ3n) is 3.59. The van der Waals surface area contributed by atoms with Crippen LogP contribution in [0.25, 0.3) is 0 Å². The van der Waals surface area contributed by atoms with Crippen LogP contribution in [0, 0.1) is 6.92 Å². The third kappa shape index (κ3) is 3.17. The Hall–Kier alpha value is -1.75. The van der Waals surface area contributed by atoms with Crippen molar-refractivity contribution in [2.75, 3.05) is 0 Å². The largest absolute Gasteiger partial charge is 0.307 e. The van der Waals surface area contributed by atoms with Gasteiger partial charge in [0, 0.05) is 12.6 Å². The van der Waals surface area contributed by atoms with Gasteiger partial charge < -0.3 is 5.32 Å². The molecule has 1 saturated carbocycles. The molecule has 0 atom stereocenters. The summed E-state index contributed by atoms with van der Waals surface area (Å²) >= 11 is 0. The van der Waals surface area contributed by atoms with Crippen LogP contribution in [-0.2, 0) is 19.5 Å². The number of nitrogens with one attached hydrogen (secondary N) is 1. The summed E-state index contributed by atoms with van der Waals surface area (Å²) in [5.74, 6) is 0.931. The molecule has 1 N–H and O–H groups in total. The molecule has 0 amide bonds. The van der Waals surface area contributed by atoms with Crippen molar-refractivity contribution in [3.05, 3.63) is 41.2 Å². The Labute approximate surface area is 113 Å². The smallest absolute Gasteiger partial charge is 0.165 e. The summed E-state index contributed by atoms with van der Waals surface area (Å²) < 4.78 is 1.90. The van der Waals surface area contributed by atoms with E-state index in [0.717, 1.165) is 25.3 Å². The van der Waals surface area contributed by atoms with E-state index < -0.39 is 0 Å². The standard InChI is InChI=1S/C14H19N5/c1-11-4-2-3-5-12(11)8-9-19-14(16-17-18-19)10-15-13-6-7-13/h2-5,13,15H,6-10H2,1H3. The molecule has 5 heteroatoms. The number of aromatic nitrogens is 4. The van der Waals surface area contributed by atoms with Crippen LogP contribution in [0.3, 0.4) is 0 Å². The van der Waals surface area contributed by atoms with E-state index in [4.69, 9.17) is 0 Å². The van der Waals surface area contributed by atoms with E-state index in [-0.39, 0.29) is 0 Å². The Kier molecular flexibility index (Phi) is 3.55. The molecule has 0 aliphatic heterocycles. The fourth-order valence-corrected chi connectivity index (χ4v) is 2.16. The van der Waals surface area contributed by atoms with Crippen molar-refractivity contribution < 1.29 is 0 Å². The van der Waals surface area contributed by atoms with Crippen molar-refractivity contribution in [3.8, 4) is 0 Å². The Morgan fingerprint density at radius 1 is 1.32 bits per heavy atom. The summed E-state index contributed by atoms with van der Waals surface area (Å²) in [4.78, 5) is 0. The zero-order valence-corrected chi connectivity index (χ0v) is 11.2. The van der Waals surface area contributed by atoms with E-state index >= 15 is 0 Å². The van der Waals surface area contributed by atoms with Gasteiger partial charge in [0.15, 0.2) is 5.82 Å². The Morgan fingerprint density at radius 2 is 2.16 bits per heavy atom. The molecule has 1 aliphatic rings. The van der Waals surface area contributed by atoms with E-state index in [1.54, 1.807) is 0 Å². The first kappa shape index (κ1) is 12.3. The quantitative estimate of drug-likeness (QED) is 0.851. The molecule has 0 saturated heterocycles. The summed E-state index contributed by atoms with van der Waals surface area (Å²) in [7, 11) is 0. The number of nitrogens with zero attached hydrogens (tertiary/aromatic N) is 4.